The van der Waals surface area contributed by atoms with Gasteiger partial charge < -0.3 is 10.0 Å². The van der Waals surface area contributed by atoms with E-state index in [1.807, 2.05) is 14.0 Å². The van der Waals surface area contributed by atoms with Crippen LogP contribution in [-0.2, 0) is 13.5 Å². The van der Waals surface area contributed by atoms with Crippen LogP contribution in [0.3, 0.4) is 0 Å². The van der Waals surface area contributed by atoms with Crippen LogP contribution < -0.4 is 0 Å². The lowest BCUT2D eigenvalue weighted by molar-refractivity contribution is 0.0152. The molecule has 1 fully saturated rings. The minimum absolute atomic E-state index is 0.148. The molecule has 0 saturated carbocycles. The van der Waals surface area contributed by atoms with E-state index in [1.54, 1.807) is 4.68 Å². The standard InChI is InChI=1S/C13H23ClN4O/c1-9-10(13(14)18(4)15-9)7-12(19)11-8-16(2)5-6-17(11)3/h11-12,19H,5-8H2,1-4H3. The Labute approximate surface area is 119 Å². The van der Waals surface area contributed by atoms with Crippen molar-refractivity contribution < 1.29 is 5.11 Å². The van der Waals surface area contributed by atoms with Gasteiger partial charge in [0, 0.05) is 44.7 Å². The quantitative estimate of drug-likeness (QED) is 0.880. The second kappa shape index (κ2) is 5.79. The Morgan fingerprint density at radius 1 is 1.37 bits per heavy atom. The molecule has 1 saturated heterocycles. The molecule has 1 N–H and O–H groups in total. The summed E-state index contributed by atoms with van der Waals surface area (Å²) < 4.78 is 1.66. The van der Waals surface area contributed by atoms with Crippen molar-refractivity contribution in [1.29, 1.82) is 0 Å². The molecule has 0 bridgehead atoms. The number of hydrogen-bond donors (Lipinski definition) is 1. The molecule has 0 amide bonds. The number of hydrogen-bond acceptors (Lipinski definition) is 4. The summed E-state index contributed by atoms with van der Waals surface area (Å²) in [6.07, 6.45) is 0.134. The van der Waals surface area contributed by atoms with Gasteiger partial charge in [-0.15, -0.1) is 0 Å². The van der Waals surface area contributed by atoms with Crippen molar-refractivity contribution in [2.24, 2.45) is 7.05 Å². The smallest absolute Gasteiger partial charge is 0.130 e. The van der Waals surface area contributed by atoms with Gasteiger partial charge in [-0.25, -0.2) is 0 Å². The molecule has 1 aromatic rings. The average Bonchev–Trinajstić information content (AvgIpc) is 2.59. The topological polar surface area (TPSA) is 44.5 Å². The van der Waals surface area contributed by atoms with Crippen molar-refractivity contribution in [3.8, 4) is 0 Å². The van der Waals surface area contributed by atoms with Crippen molar-refractivity contribution in [2.75, 3.05) is 33.7 Å². The SMILES string of the molecule is Cc1nn(C)c(Cl)c1CC(O)C1CN(C)CCN1C. The minimum atomic E-state index is -0.423. The number of aliphatic hydroxyl groups is 1. The highest BCUT2D eigenvalue weighted by atomic mass is 35.5. The summed E-state index contributed by atoms with van der Waals surface area (Å²) in [6.45, 7) is 4.85. The number of rotatable bonds is 3. The zero-order valence-corrected chi connectivity index (χ0v) is 12.9. The highest BCUT2D eigenvalue weighted by Crippen LogP contribution is 2.22. The normalized spacial score (nSPS) is 23.8. The fraction of sp³-hybridized carbons (Fsp3) is 0.769. The van der Waals surface area contributed by atoms with Gasteiger partial charge >= 0.3 is 0 Å². The first kappa shape index (κ1) is 14.8. The molecule has 2 atom stereocenters. The maximum atomic E-state index is 10.5. The summed E-state index contributed by atoms with van der Waals surface area (Å²) in [4.78, 5) is 4.48. The van der Waals surface area contributed by atoms with Gasteiger partial charge in [-0.1, -0.05) is 11.6 Å². The van der Waals surface area contributed by atoms with Gasteiger partial charge in [0.25, 0.3) is 0 Å². The molecule has 0 aliphatic carbocycles. The summed E-state index contributed by atoms with van der Waals surface area (Å²) >= 11 is 6.23. The monoisotopic (exact) mass is 286 g/mol. The first-order valence-corrected chi connectivity index (χ1v) is 7.02. The molecule has 108 valence electrons. The van der Waals surface area contributed by atoms with E-state index in [0.717, 1.165) is 30.9 Å². The van der Waals surface area contributed by atoms with Gasteiger partial charge in [0.15, 0.2) is 0 Å². The molecule has 2 rings (SSSR count). The van der Waals surface area contributed by atoms with Crippen LogP contribution in [-0.4, -0.2) is 70.6 Å². The van der Waals surface area contributed by atoms with E-state index in [4.69, 9.17) is 11.6 Å². The van der Waals surface area contributed by atoms with Crippen LogP contribution in [0.1, 0.15) is 11.3 Å². The van der Waals surface area contributed by atoms with Crippen LogP contribution in [0.15, 0.2) is 0 Å². The minimum Gasteiger partial charge on any atom is -0.391 e. The van der Waals surface area contributed by atoms with Crippen molar-refractivity contribution in [3.05, 3.63) is 16.4 Å². The molecular weight excluding hydrogens is 264 g/mol. The number of aryl methyl sites for hydroxylation is 2. The fourth-order valence-corrected chi connectivity index (χ4v) is 2.96. The molecule has 1 aromatic heterocycles. The summed E-state index contributed by atoms with van der Waals surface area (Å²) in [5, 5.41) is 15.4. The molecule has 2 heterocycles. The number of likely N-dealkylation sites (N-methyl/N-ethyl adjacent to an activating group) is 2. The van der Waals surface area contributed by atoms with E-state index in [-0.39, 0.29) is 6.04 Å². The lowest BCUT2D eigenvalue weighted by atomic mass is 10.00. The molecule has 0 aromatic carbocycles. The Morgan fingerprint density at radius 2 is 2.05 bits per heavy atom. The molecular formula is C13H23ClN4O. The lowest BCUT2D eigenvalue weighted by Gasteiger charge is -2.40. The summed E-state index contributed by atoms with van der Waals surface area (Å²) in [5.41, 5.74) is 1.86. The second-order valence-electron chi connectivity index (χ2n) is 5.56. The molecule has 1 aliphatic rings. The highest BCUT2D eigenvalue weighted by Gasteiger charge is 2.30. The lowest BCUT2D eigenvalue weighted by Crippen LogP contribution is -2.55. The number of piperazine rings is 1. The summed E-state index contributed by atoms with van der Waals surface area (Å²) in [7, 11) is 5.99. The molecule has 0 spiro atoms. The largest absolute Gasteiger partial charge is 0.391 e. The Hall–Kier alpha value is -0.620. The van der Waals surface area contributed by atoms with E-state index in [2.05, 4.69) is 29.0 Å². The molecule has 6 heteroatoms. The van der Waals surface area contributed by atoms with E-state index >= 15 is 0 Å². The molecule has 0 radical (unpaired) electrons. The predicted octanol–water partition coefficient (Wildman–Crippen LogP) is 0.531. The molecule has 2 unspecified atom stereocenters. The number of nitrogens with zero attached hydrogens (tertiary/aromatic N) is 4. The summed E-state index contributed by atoms with van der Waals surface area (Å²) in [6, 6.07) is 0.148. The molecule has 1 aliphatic heterocycles. The van der Waals surface area contributed by atoms with Crippen LogP contribution in [0, 0.1) is 6.92 Å². The first-order chi connectivity index (χ1) is 8.90. The molecule has 19 heavy (non-hydrogen) atoms. The van der Waals surface area contributed by atoms with Crippen LogP contribution in [0.25, 0.3) is 0 Å². The Balaban J connectivity index is 2.09. The van der Waals surface area contributed by atoms with E-state index in [9.17, 15) is 5.11 Å². The third-order valence-electron chi connectivity index (χ3n) is 4.03. The van der Waals surface area contributed by atoms with Gasteiger partial charge in [-0.3, -0.25) is 9.58 Å². The first-order valence-electron chi connectivity index (χ1n) is 6.65. The van der Waals surface area contributed by atoms with Crippen LogP contribution >= 0.6 is 11.6 Å². The third-order valence-corrected chi connectivity index (χ3v) is 4.50. The molecule has 5 nitrogen and oxygen atoms in total. The fourth-order valence-electron chi connectivity index (χ4n) is 2.71. The Morgan fingerprint density at radius 3 is 2.63 bits per heavy atom. The van der Waals surface area contributed by atoms with E-state index < -0.39 is 6.10 Å². The maximum absolute atomic E-state index is 10.5. The Kier molecular flexibility index (Phi) is 4.50. The zero-order chi connectivity index (χ0) is 14.2. The van der Waals surface area contributed by atoms with Crippen molar-refractivity contribution in [3.63, 3.8) is 0 Å². The zero-order valence-electron chi connectivity index (χ0n) is 12.1. The maximum Gasteiger partial charge on any atom is 0.130 e. The number of aromatic nitrogens is 2. The van der Waals surface area contributed by atoms with E-state index in [0.29, 0.717) is 11.6 Å². The van der Waals surface area contributed by atoms with Gasteiger partial charge in [0.05, 0.1) is 11.8 Å². The van der Waals surface area contributed by atoms with Crippen LogP contribution in [0.2, 0.25) is 5.15 Å². The van der Waals surface area contributed by atoms with Crippen LogP contribution in [0.4, 0.5) is 0 Å². The van der Waals surface area contributed by atoms with Crippen molar-refractivity contribution >= 4 is 11.6 Å². The van der Waals surface area contributed by atoms with Crippen LogP contribution in [0.5, 0.6) is 0 Å². The average molecular weight is 287 g/mol. The number of halogens is 1. The number of aliphatic hydroxyl groups excluding tert-OH is 1. The van der Waals surface area contributed by atoms with Crippen molar-refractivity contribution in [1.82, 2.24) is 19.6 Å². The van der Waals surface area contributed by atoms with Gasteiger partial charge in [0.2, 0.25) is 0 Å². The second-order valence-corrected chi connectivity index (χ2v) is 5.92. The summed E-state index contributed by atoms with van der Waals surface area (Å²) in [5.74, 6) is 0. The highest BCUT2D eigenvalue weighted by molar-refractivity contribution is 6.30. The third kappa shape index (κ3) is 3.11. The van der Waals surface area contributed by atoms with E-state index in [1.165, 1.54) is 0 Å². The van der Waals surface area contributed by atoms with Gasteiger partial charge in [0.1, 0.15) is 5.15 Å². The van der Waals surface area contributed by atoms with Crippen molar-refractivity contribution in [2.45, 2.75) is 25.5 Å². The van der Waals surface area contributed by atoms with Gasteiger partial charge in [-0.05, 0) is 21.0 Å². The predicted molar refractivity (Wildman–Crippen MR) is 76.6 cm³/mol. The van der Waals surface area contributed by atoms with Gasteiger partial charge in [-0.2, -0.15) is 5.10 Å². The Bertz CT molecular complexity index is 448.